The fourth-order valence-corrected chi connectivity index (χ4v) is 3.64. The lowest BCUT2D eigenvalue weighted by molar-refractivity contribution is -0.125. The highest BCUT2D eigenvalue weighted by Crippen LogP contribution is 2.33. The predicted molar refractivity (Wildman–Crippen MR) is 83.3 cm³/mol. The molecular weight excluding hydrogens is 264 g/mol. The second-order valence-electron chi connectivity index (χ2n) is 6.34. The minimum Gasteiger partial charge on any atom is -0.394 e. The Morgan fingerprint density at radius 3 is 2.81 bits per heavy atom. The number of hydrogen-bond acceptors (Lipinski definition) is 3. The van der Waals surface area contributed by atoms with Gasteiger partial charge in [0, 0.05) is 12.2 Å². The van der Waals surface area contributed by atoms with Gasteiger partial charge in [0.2, 0.25) is 5.91 Å². The van der Waals surface area contributed by atoms with Gasteiger partial charge in [-0.1, -0.05) is 37.5 Å². The number of carbonyl (C=O) groups excluding carboxylic acids is 1. The number of aliphatic hydroxyl groups excluding tert-OH is 1. The van der Waals surface area contributed by atoms with E-state index >= 15 is 0 Å². The third-order valence-corrected chi connectivity index (χ3v) is 4.90. The summed E-state index contributed by atoms with van der Waals surface area (Å²) in [4.78, 5) is 12.7. The quantitative estimate of drug-likeness (QED) is 0.800. The Labute approximate surface area is 125 Å². The van der Waals surface area contributed by atoms with E-state index in [1.807, 2.05) is 24.3 Å². The monoisotopic (exact) mass is 288 g/mol. The number of fused-ring (bicyclic) bond motifs is 1. The molecule has 1 heterocycles. The van der Waals surface area contributed by atoms with Gasteiger partial charge in [-0.2, -0.15) is 0 Å². The summed E-state index contributed by atoms with van der Waals surface area (Å²) < 4.78 is 0. The molecule has 1 saturated carbocycles. The van der Waals surface area contributed by atoms with Gasteiger partial charge >= 0.3 is 0 Å². The van der Waals surface area contributed by atoms with Crippen molar-refractivity contribution in [3.63, 3.8) is 0 Å². The molecule has 114 valence electrons. The summed E-state index contributed by atoms with van der Waals surface area (Å²) in [6, 6.07) is 8.02. The number of aliphatic hydroxyl groups is 1. The van der Waals surface area contributed by atoms with E-state index in [0.717, 1.165) is 49.9 Å². The van der Waals surface area contributed by atoms with Crippen molar-refractivity contribution in [3.05, 3.63) is 29.8 Å². The van der Waals surface area contributed by atoms with Crippen LogP contribution in [0, 0.1) is 0 Å². The minimum atomic E-state index is -0.394. The molecule has 1 amide bonds. The highest BCUT2D eigenvalue weighted by Gasteiger charge is 2.36. The first-order valence-electron chi connectivity index (χ1n) is 8.00. The van der Waals surface area contributed by atoms with E-state index in [4.69, 9.17) is 0 Å². The summed E-state index contributed by atoms with van der Waals surface area (Å²) in [5.41, 5.74) is 1.74. The van der Waals surface area contributed by atoms with Gasteiger partial charge in [-0.25, -0.2) is 0 Å². The smallest absolute Gasteiger partial charge is 0.228 e. The molecule has 3 rings (SSSR count). The fourth-order valence-electron chi connectivity index (χ4n) is 3.64. The van der Waals surface area contributed by atoms with Gasteiger partial charge in [0.15, 0.2) is 0 Å². The Balaban J connectivity index is 1.77. The second kappa shape index (κ2) is 6.06. The van der Waals surface area contributed by atoms with Crippen LogP contribution in [0.25, 0.3) is 0 Å². The Hall–Kier alpha value is -1.55. The number of hydrogen-bond donors (Lipinski definition) is 3. The molecular formula is C17H24N2O2. The van der Waals surface area contributed by atoms with Gasteiger partial charge in [-0.3, -0.25) is 4.79 Å². The molecule has 0 bridgehead atoms. The van der Waals surface area contributed by atoms with Crippen LogP contribution in [0.3, 0.4) is 0 Å². The van der Waals surface area contributed by atoms with E-state index in [2.05, 4.69) is 10.6 Å². The first-order valence-corrected chi connectivity index (χ1v) is 8.00. The average Bonchev–Trinajstić information content (AvgIpc) is 2.55. The van der Waals surface area contributed by atoms with Crippen molar-refractivity contribution in [2.24, 2.45) is 0 Å². The SMILES string of the molecule is O=C(NC1(CO)CCCCC1)C1CCNc2ccccc21. The van der Waals surface area contributed by atoms with Crippen LogP contribution in [-0.4, -0.2) is 29.7 Å². The molecule has 1 aliphatic heterocycles. The lowest BCUT2D eigenvalue weighted by Gasteiger charge is -2.38. The Kier molecular flexibility index (Phi) is 4.15. The largest absolute Gasteiger partial charge is 0.394 e. The molecule has 3 N–H and O–H groups in total. The third kappa shape index (κ3) is 2.91. The molecule has 1 aromatic carbocycles. The molecule has 0 radical (unpaired) electrons. The highest BCUT2D eigenvalue weighted by atomic mass is 16.3. The average molecular weight is 288 g/mol. The zero-order valence-electron chi connectivity index (χ0n) is 12.4. The summed E-state index contributed by atoms with van der Waals surface area (Å²) in [6.07, 6.45) is 5.97. The lowest BCUT2D eigenvalue weighted by atomic mass is 9.81. The van der Waals surface area contributed by atoms with Gasteiger partial charge in [0.1, 0.15) is 0 Å². The first kappa shape index (κ1) is 14.4. The topological polar surface area (TPSA) is 61.4 Å². The molecule has 1 aromatic rings. The summed E-state index contributed by atoms with van der Waals surface area (Å²) >= 11 is 0. The van der Waals surface area contributed by atoms with Crippen LogP contribution in [0.2, 0.25) is 0 Å². The van der Waals surface area contributed by atoms with E-state index in [9.17, 15) is 9.90 Å². The molecule has 0 aromatic heterocycles. The van der Waals surface area contributed by atoms with Crippen LogP contribution < -0.4 is 10.6 Å². The van der Waals surface area contributed by atoms with Gasteiger partial charge in [0.25, 0.3) is 0 Å². The molecule has 21 heavy (non-hydrogen) atoms. The summed E-state index contributed by atoms with van der Waals surface area (Å²) in [5.74, 6) is -0.0345. The van der Waals surface area contributed by atoms with Crippen LogP contribution in [0.15, 0.2) is 24.3 Å². The molecule has 0 saturated heterocycles. The Morgan fingerprint density at radius 1 is 1.29 bits per heavy atom. The summed E-state index contributed by atoms with van der Waals surface area (Å²) in [6.45, 7) is 0.868. The number of nitrogens with one attached hydrogen (secondary N) is 2. The van der Waals surface area contributed by atoms with Crippen molar-refractivity contribution >= 4 is 11.6 Å². The summed E-state index contributed by atoms with van der Waals surface area (Å²) in [7, 11) is 0. The molecule has 4 heteroatoms. The van der Waals surface area contributed by atoms with Crippen molar-refractivity contribution in [2.45, 2.75) is 50.0 Å². The van der Waals surface area contributed by atoms with Gasteiger partial charge < -0.3 is 15.7 Å². The fraction of sp³-hybridized carbons (Fsp3) is 0.588. The number of anilines is 1. The third-order valence-electron chi connectivity index (χ3n) is 4.90. The van der Waals surface area contributed by atoms with E-state index in [1.165, 1.54) is 6.42 Å². The molecule has 1 aliphatic carbocycles. The number of benzene rings is 1. The number of amides is 1. The molecule has 1 unspecified atom stereocenters. The maximum Gasteiger partial charge on any atom is 0.228 e. The highest BCUT2D eigenvalue weighted by molar-refractivity contribution is 5.87. The van der Waals surface area contributed by atoms with Crippen LogP contribution in [-0.2, 0) is 4.79 Å². The first-order chi connectivity index (χ1) is 10.2. The zero-order chi connectivity index (χ0) is 14.7. The number of rotatable bonds is 3. The Bertz CT molecular complexity index is 509. The Morgan fingerprint density at radius 2 is 2.05 bits per heavy atom. The van der Waals surface area contributed by atoms with Crippen molar-refractivity contribution < 1.29 is 9.90 Å². The molecule has 0 spiro atoms. The van der Waals surface area contributed by atoms with Crippen molar-refractivity contribution in [1.82, 2.24) is 5.32 Å². The zero-order valence-corrected chi connectivity index (χ0v) is 12.4. The molecule has 1 atom stereocenters. The van der Waals surface area contributed by atoms with Crippen LogP contribution in [0.4, 0.5) is 5.69 Å². The van der Waals surface area contributed by atoms with Crippen LogP contribution in [0.5, 0.6) is 0 Å². The number of carbonyl (C=O) groups is 1. The molecule has 4 nitrogen and oxygen atoms in total. The maximum atomic E-state index is 12.7. The van der Waals surface area contributed by atoms with Crippen LogP contribution >= 0.6 is 0 Å². The van der Waals surface area contributed by atoms with Crippen molar-refractivity contribution in [2.75, 3.05) is 18.5 Å². The standard InChI is InChI=1S/C17H24N2O2/c20-12-17(9-4-1-5-10-17)19-16(21)14-8-11-18-15-7-3-2-6-13(14)15/h2-3,6-7,14,18,20H,1,4-5,8-12H2,(H,19,21). The molecule has 1 fully saturated rings. The number of para-hydroxylation sites is 1. The van der Waals surface area contributed by atoms with Crippen molar-refractivity contribution in [3.8, 4) is 0 Å². The maximum absolute atomic E-state index is 12.7. The normalized spacial score (nSPS) is 23.8. The summed E-state index contributed by atoms with van der Waals surface area (Å²) in [5, 5.41) is 16.3. The van der Waals surface area contributed by atoms with Gasteiger partial charge in [-0.05, 0) is 30.9 Å². The minimum absolute atomic E-state index is 0.0470. The molecule has 2 aliphatic rings. The van der Waals surface area contributed by atoms with Gasteiger partial charge in [-0.15, -0.1) is 0 Å². The van der Waals surface area contributed by atoms with Crippen molar-refractivity contribution in [1.29, 1.82) is 0 Å². The van der Waals surface area contributed by atoms with E-state index < -0.39 is 5.54 Å². The van der Waals surface area contributed by atoms with E-state index in [0.29, 0.717) is 0 Å². The van der Waals surface area contributed by atoms with Gasteiger partial charge in [0.05, 0.1) is 18.1 Å². The van der Waals surface area contributed by atoms with E-state index in [1.54, 1.807) is 0 Å². The lowest BCUT2D eigenvalue weighted by Crippen LogP contribution is -2.54. The van der Waals surface area contributed by atoms with E-state index in [-0.39, 0.29) is 18.4 Å². The predicted octanol–water partition coefficient (Wildman–Crippen LogP) is 2.40. The second-order valence-corrected chi connectivity index (χ2v) is 6.34. The van der Waals surface area contributed by atoms with Crippen LogP contribution in [0.1, 0.15) is 50.0 Å².